The van der Waals surface area contributed by atoms with E-state index in [1.165, 1.54) is 39.0 Å². The van der Waals surface area contributed by atoms with Crippen LogP contribution in [-0.4, -0.2) is 15.0 Å². The number of rotatable bonds is 5. The van der Waals surface area contributed by atoms with Crippen LogP contribution in [0.4, 0.5) is 0 Å². The van der Waals surface area contributed by atoms with Crippen LogP contribution in [0.15, 0.2) is 146 Å². The third-order valence-corrected chi connectivity index (χ3v) is 9.31. The van der Waals surface area contributed by atoms with E-state index in [4.69, 9.17) is 15.0 Å². The van der Waals surface area contributed by atoms with Crippen molar-refractivity contribution in [1.82, 2.24) is 15.0 Å². The molecule has 6 aromatic rings. The molecule has 3 nitrogen and oxygen atoms in total. The first kappa shape index (κ1) is 27.2. The van der Waals surface area contributed by atoms with Crippen LogP contribution >= 0.6 is 0 Å². The average Bonchev–Trinajstić information content (AvgIpc) is 3.34. The Kier molecular flexibility index (Phi) is 6.60. The molecule has 0 N–H and O–H groups in total. The lowest BCUT2D eigenvalue weighted by molar-refractivity contribution is 0.658. The maximum absolute atomic E-state index is 4.96. The van der Waals surface area contributed by atoms with Gasteiger partial charge in [0.2, 0.25) is 0 Å². The van der Waals surface area contributed by atoms with Crippen LogP contribution in [0.25, 0.3) is 50.9 Å². The molecule has 0 amide bonds. The first-order valence-corrected chi connectivity index (χ1v) is 15.6. The predicted molar refractivity (Wildman–Crippen MR) is 185 cm³/mol. The molecule has 1 aromatic heterocycles. The largest absolute Gasteiger partial charge is 0.208 e. The first-order chi connectivity index (χ1) is 22.0. The minimum atomic E-state index is -0.00490. The second-order valence-electron chi connectivity index (χ2n) is 12.5. The second kappa shape index (κ2) is 10.9. The molecule has 216 valence electrons. The first-order valence-electron chi connectivity index (χ1n) is 15.6. The normalized spacial score (nSPS) is 16.1. The molecule has 1 unspecified atom stereocenters. The van der Waals surface area contributed by atoms with E-state index in [-0.39, 0.29) is 5.41 Å². The van der Waals surface area contributed by atoms with Crippen LogP contribution in [0.3, 0.4) is 0 Å². The summed E-state index contributed by atoms with van der Waals surface area (Å²) in [4.78, 5) is 14.8. The van der Waals surface area contributed by atoms with Gasteiger partial charge in [0.05, 0.1) is 0 Å². The Labute approximate surface area is 264 Å². The van der Waals surface area contributed by atoms with Crippen molar-refractivity contribution >= 4 is 5.57 Å². The molecule has 0 aliphatic heterocycles. The molecule has 1 heterocycles. The summed E-state index contributed by atoms with van der Waals surface area (Å²) in [6, 6.07) is 44.8. The fraction of sp³-hybridized carbons (Fsp3) is 0.119. The molecule has 1 atom stereocenters. The van der Waals surface area contributed by atoms with Crippen LogP contribution in [0.2, 0.25) is 0 Å². The van der Waals surface area contributed by atoms with Gasteiger partial charge >= 0.3 is 0 Å². The Morgan fingerprint density at radius 3 is 1.82 bits per heavy atom. The molecule has 2 aliphatic carbocycles. The Balaban J connectivity index is 1.12. The molecule has 5 aromatic carbocycles. The smallest absolute Gasteiger partial charge is 0.164 e. The van der Waals surface area contributed by atoms with Crippen molar-refractivity contribution in [3.8, 4) is 45.3 Å². The van der Waals surface area contributed by atoms with Crippen LogP contribution in [0.1, 0.15) is 48.4 Å². The number of nitrogens with zero attached hydrogens (tertiary/aromatic N) is 3. The fourth-order valence-electron chi connectivity index (χ4n) is 6.87. The van der Waals surface area contributed by atoms with Crippen molar-refractivity contribution in [2.45, 2.75) is 31.6 Å². The van der Waals surface area contributed by atoms with E-state index in [0.717, 1.165) is 23.1 Å². The van der Waals surface area contributed by atoms with Crippen molar-refractivity contribution < 1.29 is 0 Å². The minimum Gasteiger partial charge on any atom is -0.208 e. The summed E-state index contributed by atoms with van der Waals surface area (Å²) in [6.45, 7) is 4.70. The fourth-order valence-corrected chi connectivity index (χ4v) is 6.87. The molecule has 0 saturated carbocycles. The molecule has 8 rings (SSSR count). The summed E-state index contributed by atoms with van der Waals surface area (Å²) in [6.07, 6.45) is 7.75. The number of benzene rings is 5. The third-order valence-electron chi connectivity index (χ3n) is 9.31. The lowest BCUT2D eigenvalue weighted by atomic mass is 9.79. The van der Waals surface area contributed by atoms with Gasteiger partial charge in [-0.25, -0.2) is 15.0 Å². The van der Waals surface area contributed by atoms with Crippen molar-refractivity contribution in [2.75, 3.05) is 0 Å². The van der Waals surface area contributed by atoms with Gasteiger partial charge in [0.25, 0.3) is 0 Å². The Morgan fingerprint density at radius 2 is 1.11 bits per heavy atom. The molecule has 45 heavy (non-hydrogen) atoms. The second-order valence-corrected chi connectivity index (χ2v) is 12.5. The SMILES string of the molecule is CC1(C)c2ccccc2-c2ccc(C3C=CC=C(c4cccc(-c5nc(-c6ccccc6)nc(-c6ccccc6)n5)c4)C3)cc21. The predicted octanol–water partition coefficient (Wildman–Crippen LogP) is 10.3. The number of allylic oxidation sites excluding steroid dienone is 4. The molecule has 3 heteroatoms. The van der Waals surface area contributed by atoms with Gasteiger partial charge in [-0.15, -0.1) is 0 Å². The van der Waals surface area contributed by atoms with E-state index >= 15 is 0 Å². The Bertz CT molecular complexity index is 2050. The van der Waals surface area contributed by atoms with Gasteiger partial charge in [0.1, 0.15) is 0 Å². The van der Waals surface area contributed by atoms with Crippen LogP contribution in [-0.2, 0) is 5.41 Å². The topological polar surface area (TPSA) is 38.7 Å². The zero-order valence-electron chi connectivity index (χ0n) is 25.5. The average molecular weight is 580 g/mol. The maximum Gasteiger partial charge on any atom is 0.164 e. The third kappa shape index (κ3) is 4.91. The van der Waals surface area contributed by atoms with Gasteiger partial charge < -0.3 is 0 Å². The van der Waals surface area contributed by atoms with Crippen molar-refractivity contribution in [2.24, 2.45) is 0 Å². The van der Waals surface area contributed by atoms with E-state index in [9.17, 15) is 0 Å². The highest BCUT2D eigenvalue weighted by molar-refractivity contribution is 5.81. The van der Waals surface area contributed by atoms with E-state index in [1.54, 1.807) is 0 Å². The number of aromatic nitrogens is 3. The van der Waals surface area contributed by atoms with Gasteiger partial charge in [-0.3, -0.25) is 0 Å². The Morgan fingerprint density at radius 1 is 0.533 bits per heavy atom. The quantitative estimate of drug-likeness (QED) is 0.204. The van der Waals surface area contributed by atoms with Crippen LogP contribution in [0, 0.1) is 0 Å². The molecule has 0 fully saturated rings. The van der Waals surface area contributed by atoms with E-state index in [0.29, 0.717) is 23.4 Å². The van der Waals surface area contributed by atoms with Gasteiger partial charge in [0, 0.05) is 28.0 Å². The summed E-state index contributed by atoms with van der Waals surface area (Å²) in [7, 11) is 0. The van der Waals surface area contributed by atoms with E-state index in [1.807, 2.05) is 60.7 Å². The highest BCUT2D eigenvalue weighted by Crippen LogP contribution is 2.49. The summed E-state index contributed by atoms with van der Waals surface area (Å²) in [5.41, 5.74) is 12.4. The van der Waals surface area contributed by atoms with E-state index < -0.39 is 0 Å². The summed E-state index contributed by atoms with van der Waals surface area (Å²) < 4.78 is 0. The standard InChI is InChI=1S/C42H33N3/c1-42(2)37-22-10-9-21-35(37)36-24-23-33(27-38(36)42)31-18-11-17-30(25-31)32-19-12-20-34(26-32)41-44-39(28-13-5-3-6-14-28)43-40(45-41)29-15-7-4-8-16-29/h3-24,26-27,31H,25H2,1-2H3. The lowest BCUT2D eigenvalue weighted by Gasteiger charge is -2.24. The van der Waals surface area contributed by atoms with Gasteiger partial charge in [-0.1, -0.05) is 153 Å². The zero-order valence-corrected chi connectivity index (χ0v) is 25.5. The highest BCUT2D eigenvalue weighted by atomic mass is 15.0. The number of fused-ring (bicyclic) bond motifs is 3. The monoisotopic (exact) mass is 579 g/mol. The summed E-state index contributed by atoms with van der Waals surface area (Å²) in [5, 5.41) is 0. The molecule has 2 aliphatic rings. The van der Waals surface area contributed by atoms with E-state index in [2.05, 4.69) is 98.8 Å². The molecular weight excluding hydrogens is 546 g/mol. The number of hydrogen-bond acceptors (Lipinski definition) is 3. The van der Waals surface area contributed by atoms with Crippen molar-refractivity contribution in [1.29, 1.82) is 0 Å². The molecule has 0 saturated heterocycles. The minimum absolute atomic E-state index is 0.00490. The molecule has 0 bridgehead atoms. The molecule has 0 radical (unpaired) electrons. The maximum atomic E-state index is 4.96. The van der Waals surface area contributed by atoms with Crippen LogP contribution in [0.5, 0.6) is 0 Å². The summed E-state index contributed by atoms with van der Waals surface area (Å²) in [5.74, 6) is 2.33. The highest BCUT2D eigenvalue weighted by Gasteiger charge is 2.35. The lowest BCUT2D eigenvalue weighted by Crippen LogP contribution is -2.15. The van der Waals surface area contributed by atoms with Gasteiger partial charge in [-0.05, 0) is 51.4 Å². The van der Waals surface area contributed by atoms with Crippen molar-refractivity contribution in [3.05, 3.63) is 168 Å². The van der Waals surface area contributed by atoms with Crippen LogP contribution < -0.4 is 0 Å². The Hall–Kier alpha value is -5.41. The van der Waals surface area contributed by atoms with Gasteiger partial charge in [0.15, 0.2) is 17.5 Å². The summed E-state index contributed by atoms with van der Waals surface area (Å²) >= 11 is 0. The number of hydrogen-bond donors (Lipinski definition) is 0. The zero-order chi connectivity index (χ0) is 30.4. The van der Waals surface area contributed by atoms with Crippen molar-refractivity contribution in [3.63, 3.8) is 0 Å². The molecular formula is C42H33N3. The van der Waals surface area contributed by atoms with Gasteiger partial charge in [-0.2, -0.15) is 0 Å². The molecule has 0 spiro atoms.